The molecule has 1 aliphatic heterocycles. The van der Waals surface area contributed by atoms with E-state index >= 15 is 0 Å². The summed E-state index contributed by atoms with van der Waals surface area (Å²) in [6.07, 6.45) is 2.74. The average Bonchev–Trinajstić information content (AvgIpc) is 2.79. The minimum Gasteiger partial charge on any atom is -0.377 e. The largest absolute Gasteiger partial charge is 0.377 e. The Kier molecular flexibility index (Phi) is 4.22. The van der Waals surface area contributed by atoms with E-state index < -0.39 is 0 Å². The maximum atomic E-state index is 6.14. The van der Waals surface area contributed by atoms with Crippen molar-refractivity contribution in [3.05, 3.63) is 34.9 Å². The summed E-state index contributed by atoms with van der Waals surface area (Å²) in [5, 5.41) is 4.30. The third kappa shape index (κ3) is 2.97. The first kappa shape index (κ1) is 11.9. The highest BCUT2D eigenvalue weighted by molar-refractivity contribution is 6.31. The van der Waals surface area contributed by atoms with Crippen LogP contribution in [0.3, 0.4) is 0 Å². The number of rotatable bonds is 4. The summed E-state index contributed by atoms with van der Waals surface area (Å²) in [4.78, 5) is 0. The standard InChI is InChI=1S/C13H18ClNO/c1-10(12-6-2-3-7-13(12)14)15-9-11-5-4-8-16-11/h2-3,6-7,10-11,15H,4-5,8-9H2,1H3/t10-,11?/m0/s1. The second kappa shape index (κ2) is 5.67. The van der Waals surface area contributed by atoms with Gasteiger partial charge in [0.25, 0.3) is 0 Å². The molecular formula is C13H18ClNO. The van der Waals surface area contributed by atoms with E-state index in [-0.39, 0.29) is 6.04 Å². The lowest BCUT2D eigenvalue weighted by molar-refractivity contribution is 0.108. The number of benzene rings is 1. The zero-order valence-corrected chi connectivity index (χ0v) is 10.3. The molecule has 1 heterocycles. The van der Waals surface area contributed by atoms with Gasteiger partial charge in [0.05, 0.1) is 6.10 Å². The van der Waals surface area contributed by atoms with Gasteiger partial charge in [0.15, 0.2) is 0 Å². The van der Waals surface area contributed by atoms with Gasteiger partial charge >= 0.3 is 0 Å². The highest BCUT2D eigenvalue weighted by Gasteiger charge is 2.16. The van der Waals surface area contributed by atoms with Crippen molar-refractivity contribution >= 4 is 11.6 Å². The van der Waals surface area contributed by atoms with E-state index in [2.05, 4.69) is 18.3 Å². The van der Waals surface area contributed by atoms with Gasteiger partial charge in [-0.25, -0.2) is 0 Å². The maximum Gasteiger partial charge on any atom is 0.0700 e. The monoisotopic (exact) mass is 239 g/mol. The fourth-order valence-electron chi connectivity index (χ4n) is 2.05. The molecule has 1 fully saturated rings. The van der Waals surface area contributed by atoms with Crippen molar-refractivity contribution in [2.45, 2.75) is 31.9 Å². The van der Waals surface area contributed by atoms with Crippen molar-refractivity contribution in [1.82, 2.24) is 5.32 Å². The molecule has 2 nitrogen and oxygen atoms in total. The molecule has 0 spiro atoms. The lowest BCUT2D eigenvalue weighted by Crippen LogP contribution is -2.28. The van der Waals surface area contributed by atoms with Crippen LogP contribution in [0, 0.1) is 0 Å². The zero-order valence-electron chi connectivity index (χ0n) is 9.58. The highest BCUT2D eigenvalue weighted by Crippen LogP contribution is 2.22. The lowest BCUT2D eigenvalue weighted by atomic mass is 10.1. The molecule has 1 N–H and O–H groups in total. The normalized spacial score (nSPS) is 22.2. The Morgan fingerprint density at radius 1 is 1.50 bits per heavy atom. The molecule has 0 aliphatic carbocycles. The van der Waals surface area contributed by atoms with Crippen molar-refractivity contribution in [1.29, 1.82) is 0 Å². The highest BCUT2D eigenvalue weighted by atomic mass is 35.5. The Hall–Kier alpha value is -0.570. The Bertz CT molecular complexity index is 336. The van der Waals surface area contributed by atoms with Crippen molar-refractivity contribution in [2.75, 3.05) is 13.2 Å². The van der Waals surface area contributed by atoms with E-state index in [1.807, 2.05) is 18.2 Å². The number of hydrogen-bond acceptors (Lipinski definition) is 2. The molecule has 0 radical (unpaired) electrons. The minimum atomic E-state index is 0.276. The summed E-state index contributed by atoms with van der Waals surface area (Å²) in [7, 11) is 0. The maximum absolute atomic E-state index is 6.14. The van der Waals surface area contributed by atoms with Crippen LogP contribution in [0.4, 0.5) is 0 Å². The first-order chi connectivity index (χ1) is 7.77. The fourth-order valence-corrected chi connectivity index (χ4v) is 2.35. The van der Waals surface area contributed by atoms with Crippen molar-refractivity contribution in [2.24, 2.45) is 0 Å². The summed E-state index contributed by atoms with van der Waals surface area (Å²) in [5.74, 6) is 0. The summed E-state index contributed by atoms with van der Waals surface area (Å²) in [6, 6.07) is 8.25. The summed E-state index contributed by atoms with van der Waals surface area (Å²) in [6.45, 7) is 3.95. The van der Waals surface area contributed by atoms with Crippen molar-refractivity contribution < 1.29 is 4.74 Å². The van der Waals surface area contributed by atoms with E-state index in [1.54, 1.807) is 0 Å². The molecular weight excluding hydrogens is 222 g/mol. The van der Waals surface area contributed by atoms with Gasteiger partial charge in [-0.1, -0.05) is 29.8 Å². The molecule has 0 aromatic heterocycles. The molecule has 88 valence electrons. The third-order valence-corrected chi connectivity index (χ3v) is 3.39. The molecule has 2 atom stereocenters. The van der Waals surface area contributed by atoms with Crippen LogP contribution in [0.5, 0.6) is 0 Å². The Morgan fingerprint density at radius 3 is 3.00 bits per heavy atom. The predicted octanol–water partition coefficient (Wildman–Crippen LogP) is 3.17. The van der Waals surface area contributed by atoms with E-state index in [4.69, 9.17) is 16.3 Å². The van der Waals surface area contributed by atoms with Crippen LogP contribution in [-0.4, -0.2) is 19.3 Å². The summed E-state index contributed by atoms with van der Waals surface area (Å²) in [5.41, 5.74) is 1.15. The van der Waals surface area contributed by atoms with E-state index in [9.17, 15) is 0 Å². The van der Waals surface area contributed by atoms with Gasteiger partial charge in [-0.2, -0.15) is 0 Å². The van der Waals surface area contributed by atoms with Gasteiger partial charge in [-0.05, 0) is 31.4 Å². The van der Waals surface area contributed by atoms with Crippen LogP contribution in [0.1, 0.15) is 31.4 Å². The Morgan fingerprint density at radius 2 is 2.31 bits per heavy atom. The molecule has 2 rings (SSSR count). The Balaban J connectivity index is 1.87. The molecule has 3 heteroatoms. The minimum absolute atomic E-state index is 0.276. The van der Waals surface area contributed by atoms with Gasteiger partial charge in [-0.15, -0.1) is 0 Å². The number of ether oxygens (including phenoxy) is 1. The van der Waals surface area contributed by atoms with Crippen LogP contribution < -0.4 is 5.32 Å². The van der Waals surface area contributed by atoms with Gasteiger partial charge in [-0.3, -0.25) is 0 Å². The molecule has 0 amide bonds. The quantitative estimate of drug-likeness (QED) is 0.872. The van der Waals surface area contributed by atoms with Crippen LogP contribution >= 0.6 is 11.6 Å². The van der Waals surface area contributed by atoms with Crippen LogP contribution in [-0.2, 0) is 4.74 Å². The number of hydrogen-bond donors (Lipinski definition) is 1. The molecule has 1 saturated heterocycles. The topological polar surface area (TPSA) is 21.3 Å². The summed E-state index contributed by atoms with van der Waals surface area (Å²) >= 11 is 6.14. The second-order valence-corrected chi connectivity index (χ2v) is 4.69. The Labute approximate surface area is 102 Å². The van der Waals surface area contributed by atoms with Crippen LogP contribution in [0.15, 0.2) is 24.3 Å². The van der Waals surface area contributed by atoms with Gasteiger partial charge < -0.3 is 10.1 Å². The van der Waals surface area contributed by atoms with Crippen molar-refractivity contribution in [3.8, 4) is 0 Å². The molecule has 1 aromatic carbocycles. The molecule has 1 aliphatic rings. The third-order valence-electron chi connectivity index (χ3n) is 3.05. The van der Waals surface area contributed by atoms with Gasteiger partial charge in [0, 0.05) is 24.2 Å². The molecule has 1 unspecified atom stereocenters. The van der Waals surface area contributed by atoms with Crippen molar-refractivity contribution in [3.63, 3.8) is 0 Å². The van der Waals surface area contributed by atoms with Crippen LogP contribution in [0.25, 0.3) is 0 Å². The van der Waals surface area contributed by atoms with Gasteiger partial charge in [0.1, 0.15) is 0 Å². The first-order valence-electron chi connectivity index (χ1n) is 5.87. The lowest BCUT2D eigenvalue weighted by Gasteiger charge is -2.18. The fraction of sp³-hybridized carbons (Fsp3) is 0.538. The average molecular weight is 240 g/mol. The predicted molar refractivity (Wildman–Crippen MR) is 66.8 cm³/mol. The SMILES string of the molecule is C[C@H](NCC1CCCO1)c1ccccc1Cl. The van der Waals surface area contributed by atoms with E-state index in [1.165, 1.54) is 12.8 Å². The second-order valence-electron chi connectivity index (χ2n) is 4.29. The first-order valence-corrected chi connectivity index (χ1v) is 6.24. The molecule has 0 saturated carbocycles. The molecule has 0 bridgehead atoms. The van der Waals surface area contributed by atoms with E-state index in [0.29, 0.717) is 6.10 Å². The molecule has 1 aromatic rings. The molecule has 16 heavy (non-hydrogen) atoms. The zero-order chi connectivity index (χ0) is 11.4. The smallest absolute Gasteiger partial charge is 0.0700 e. The number of halogens is 1. The summed E-state index contributed by atoms with van der Waals surface area (Å²) < 4.78 is 5.57. The van der Waals surface area contributed by atoms with Gasteiger partial charge in [0.2, 0.25) is 0 Å². The van der Waals surface area contributed by atoms with Crippen LogP contribution in [0.2, 0.25) is 5.02 Å². The van der Waals surface area contributed by atoms with E-state index in [0.717, 1.165) is 23.7 Å². The number of nitrogens with one attached hydrogen (secondary N) is 1.